The van der Waals surface area contributed by atoms with Crippen molar-refractivity contribution in [3.05, 3.63) is 34.6 Å². The zero-order valence-corrected chi connectivity index (χ0v) is 6.74. The highest BCUT2D eigenvalue weighted by atomic mass is 16.3. The zero-order chi connectivity index (χ0) is 9.42. The number of anilines is 1. The summed E-state index contributed by atoms with van der Waals surface area (Å²) in [6.45, 7) is 0. The fourth-order valence-electron chi connectivity index (χ4n) is 1.23. The van der Waals surface area contributed by atoms with Gasteiger partial charge in [0, 0.05) is 17.6 Å². The molecule has 1 aromatic heterocycles. The molecular formula is C9H8N2O2. The Morgan fingerprint density at radius 1 is 1.38 bits per heavy atom. The number of aromatic nitrogens is 1. The maximum Gasteiger partial charge on any atom is 0.212 e. The number of phenols is 1. The Bertz CT molecular complexity index is 516. The van der Waals surface area contributed by atoms with Crippen molar-refractivity contribution in [2.45, 2.75) is 0 Å². The van der Waals surface area contributed by atoms with Crippen LogP contribution in [0.25, 0.3) is 10.9 Å². The molecule has 0 atom stereocenters. The van der Waals surface area contributed by atoms with E-state index in [-0.39, 0.29) is 16.9 Å². The number of benzene rings is 1. The third-order valence-electron chi connectivity index (χ3n) is 1.89. The monoisotopic (exact) mass is 176 g/mol. The molecule has 1 aromatic carbocycles. The van der Waals surface area contributed by atoms with Gasteiger partial charge in [-0.15, -0.1) is 0 Å². The number of aromatic amines is 1. The smallest absolute Gasteiger partial charge is 0.212 e. The molecule has 0 amide bonds. The molecule has 0 unspecified atom stereocenters. The van der Waals surface area contributed by atoms with Crippen LogP contribution in [0, 0.1) is 0 Å². The molecule has 0 aliphatic heterocycles. The fourth-order valence-corrected chi connectivity index (χ4v) is 1.23. The summed E-state index contributed by atoms with van der Waals surface area (Å²) < 4.78 is 0. The number of hydrogen-bond donors (Lipinski definition) is 3. The van der Waals surface area contributed by atoms with Gasteiger partial charge in [0.1, 0.15) is 5.75 Å². The summed E-state index contributed by atoms with van der Waals surface area (Å²) in [7, 11) is 0. The van der Waals surface area contributed by atoms with E-state index < -0.39 is 0 Å². The highest BCUT2D eigenvalue weighted by Crippen LogP contribution is 2.15. The van der Waals surface area contributed by atoms with Gasteiger partial charge < -0.3 is 15.8 Å². The largest absolute Gasteiger partial charge is 0.508 e. The van der Waals surface area contributed by atoms with Crippen molar-refractivity contribution in [1.29, 1.82) is 0 Å². The van der Waals surface area contributed by atoms with Gasteiger partial charge in [-0.25, -0.2) is 0 Å². The minimum Gasteiger partial charge on any atom is -0.508 e. The minimum absolute atomic E-state index is 0.118. The minimum atomic E-state index is -0.214. The van der Waals surface area contributed by atoms with Crippen LogP contribution in [0.5, 0.6) is 5.75 Å². The third-order valence-corrected chi connectivity index (χ3v) is 1.89. The average Bonchev–Trinajstić information content (AvgIpc) is 2.12. The van der Waals surface area contributed by atoms with Crippen molar-refractivity contribution in [1.82, 2.24) is 4.98 Å². The summed E-state index contributed by atoms with van der Waals surface area (Å²) in [4.78, 5) is 14.2. The fraction of sp³-hybridized carbons (Fsp3) is 0. The predicted molar refractivity (Wildman–Crippen MR) is 50.6 cm³/mol. The molecule has 1 heterocycles. The number of phenolic OH excluding ortho intramolecular Hbond substituents is 1. The van der Waals surface area contributed by atoms with E-state index in [1.54, 1.807) is 6.07 Å². The van der Waals surface area contributed by atoms with Crippen LogP contribution in [0.4, 0.5) is 5.69 Å². The summed E-state index contributed by atoms with van der Waals surface area (Å²) in [5.74, 6) is 0.118. The second-order valence-corrected chi connectivity index (χ2v) is 2.80. The van der Waals surface area contributed by atoms with E-state index in [2.05, 4.69) is 4.98 Å². The molecule has 2 aromatic rings. The van der Waals surface area contributed by atoms with Crippen LogP contribution in [0.2, 0.25) is 0 Å². The lowest BCUT2D eigenvalue weighted by molar-refractivity contribution is 0.476. The number of pyridine rings is 1. The number of hydrogen-bond acceptors (Lipinski definition) is 3. The molecule has 4 N–H and O–H groups in total. The van der Waals surface area contributed by atoms with Gasteiger partial charge in [0.15, 0.2) is 0 Å². The summed E-state index contributed by atoms with van der Waals surface area (Å²) in [5, 5.41) is 9.62. The molecule has 2 rings (SSSR count). The summed E-state index contributed by atoms with van der Waals surface area (Å²) in [5.41, 5.74) is 5.97. The van der Waals surface area contributed by atoms with Crippen molar-refractivity contribution in [2.75, 3.05) is 5.73 Å². The number of nitrogens with one attached hydrogen (secondary N) is 1. The average molecular weight is 176 g/mol. The molecule has 0 aliphatic carbocycles. The standard InChI is InChI=1S/C9H8N2O2/c10-7-4-11-8-3-5(12)1-2-6(8)9(7)13/h1-4,12H,10H2,(H,11,13). The van der Waals surface area contributed by atoms with Crippen LogP contribution in [-0.4, -0.2) is 10.1 Å². The summed E-state index contributed by atoms with van der Waals surface area (Å²) in [6.07, 6.45) is 1.42. The van der Waals surface area contributed by atoms with Crippen LogP contribution in [0.1, 0.15) is 0 Å². The Hall–Kier alpha value is -1.97. The molecular weight excluding hydrogens is 168 g/mol. The van der Waals surface area contributed by atoms with Crippen LogP contribution >= 0.6 is 0 Å². The quantitative estimate of drug-likeness (QED) is 0.555. The Morgan fingerprint density at radius 3 is 2.92 bits per heavy atom. The molecule has 0 spiro atoms. The van der Waals surface area contributed by atoms with Crippen LogP contribution in [0.3, 0.4) is 0 Å². The van der Waals surface area contributed by atoms with E-state index in [1.165, 1.54) is 18.3 Å². The molecule has 66 valence electrons. The number of rotatable bonds is 0. The van der Waals surface area contributed by atoms with Crippen molar-refractivity contribution in [3.63, 3.8) is 0 Å². The van der Waals surface area contributed by atoms with Gasteiger partial charge in [0.25, 0.3) is 0 Å². The number of fused-ring (bicyclic) bond motifs is 1. The lowest BCUT2D eigenvalue weighted by atomic mass is 10.2. The van der Waals surface area contributed by atoms with Crippen molar-refractivity contribution < 1.29 is 5.11 Å². The van der Waals surface area contributed by atoms with Crippen LogP contribution in [-0.2, 0) is 0 Å². The Kier molecular flexibility index (Phi) is 1.48. The Labute approximate surface area is 73.6 Å². The molecule has 0 bridgehead atoms. The van der Waals surface area contributed by atoms with E-state index in [4.69, 9.17) is 10.8 Å². The maximum absolute atomic E-state index is 11.4. The second kappa shape index (κ2) is 2.52. The van der Waals surface area contributed by atoms with E-state index >= 15 is 0 Å². The normalized spacial score (nSPS) is 10.5. The van der Waals surface area contributed by atoms with E-state index in [1.807, 2.05) is 0 Å². The predicted octanol–water partition coefficient (Wildman–Crippen LogP) is 0.816. The Balaban J connectivity index is 2.95. The maximum atomic E-state index is 11.4. The number of nitrogens with two attached hydrogens (primary N) is 1. The first-order chi connectivity index (χ1) is 6.18. The number of H-pyrrole nitrogens is 1. The van der Waals surface area contributed by atoms with Gasteiger partial charge in [-0.3, -0.25) is 4.79 Å². The molecule has 4 heteroatoms. The second-order valence-electron chi connectivity index (χ2n) is 2.80. The van der Waals surface area contributed by atoms with Gasteiger partial charge in [-0.2, -0.15) is 0 Å². The van der Waals surface area contributed by atoms with Crippen molar-refractivity contribution in [2.24, 2.45) is 0 Å². The lowest BCUT2D eigenvalue weighted by Gasteiger charge is -1.99. The third kappa shape index (κ3) is 1.12. The van der Waals surface area contributed by atoms with Gasteiger partial charge in [0.05, 0.1) is 11.2 Å². The van der Waals surface area contributed by atoms with E-state index in [0.29, 0.717) is 10.9 Å². The molecule has 0 fully saturated rings. The first-order valence-electron chi connectivity index (χ1n) is 3.78. The highest BCUT2D eigenvalue weighted by Gasteiger charge is 2.01. The summed E-state index contributed by atoms with van der Waals surface area (Å²) >= 11 is 0. The van der Waals surface area contributed by atoms with Crippen molar-refractivity contribution >= 4 is 16.6 Å². The SMILES string of the molecule is Nc1c[nH]c2cc(O)ccc2c1=O. The van der Waals surface area contributed by atoms with Gasteiger partial charge >= 0.3 is 0 Å². The van der Waals surface area contributed by atoms with E-state index in [9.17, 15) is 4.79 Å². The van der Waals surface area contributed by atoms with Gasteiger partial charge in [0.2, 0.25) is 5.43 Å². The molecule has 0 saturated heterocycles. The topological polar surface area (TPSA) is 79.1 Å². The molecule has 13 heavy (non-hydrogen) atoms. The van der Waals surface area contributed by atoms with Gasteiger partial charge in [-0.05, 0) is 12.1 Å². The zero-order valence-electron chi connectivity index (χ0n) is 6.74. The Morgan fingerprint density at radius 2 is 2.15 bits per heavy atom. The first kappa shape index (κ1) is 7.67. The summed E-state index contributed by atoms with van der Waals surface area (Å²) in [6, 6.07) is 4.48. The molecule has 0 saturated carbocycles. The van der Waals surface area contributed by atoms with Crippen LogP contribution < -0.4 is 11.2 Å². The highest BCUT2D eigenvalue weighted by molar-refractivity contribution is 5.82. The van der Waals surface area contributed by atoms with Crippen LogP contribution in [0.15, 0.2) is 29.2 Å². The molecule has 0 radical (unpaired) electrons. The van der Waals surface area contributed by atoms with Crippen molar-refractivity contribution in [3.8, 4) is 5.75 Å². The van der Waals surface area contributed by atoms with E-state index in [0.717, 1.165) is 0 Å². The molecule has 4 nitrogen and oxygen atoms in total. The van der Waals surface area contributed by atoms with Gasteiger partial charge in [-0.1, -0.05) is 0 Å². The lowest BCUT2D eigenvalue weighted by Crippen LogP contribution is -2.08. The first-order valence-corrected chi connectivity index (χ1v) is 3.78. The number of aromatic hydroxyl groups is 1. The number of nitrogen functional groups attached to an aromatic ring is 1. The molecule has 0 aliphatic rings.